The summed E-state index contributed by atoms with van der Waals surface area (Å²) in [5.41, 5.74) is 0. The molecule has 0 radical (unpaired) electrons. The third-order valence-electron chi connectivity index (χ3n) is 1.33. The molecule has 3 N–H and O–H groups in total. The molecule has 0 aromatic carbocycles. The van der Waals surface area contributed by atoms with Gasteiger partial charge >= 0.3 is 0 Å². The van der Waals surface area contributed by atoms with E-state index in [2.05, 4.69) is 25.5 Å². The zero-order valence-corrected chi connectivity index (χ0v) is 10.3. The van der Waals surface area contributed by atoms with Crippen LogP contribution in [0.15, 0.2) is 20.1 Å². The molecule has 1 aromatic heterocycles. The van der Waals surface area contributed by atoms with Gasteiger partial charge in [-0.25, -0.2) is 19.0 Å². The first-order valence-electron chi connectivity index (χ1n) is 3.63. The van der Waals surface area contributed by atoms with Gasteiger partial charge in [0.15, 0.2) is 0 Å². The van der Waals surface area contributed by atoms with Crippen molar-refractivity contribution in [1.82, 2.24) is 4.72 Å². The van der Waals surface area contributed by atoms with Gasteiger partial charge in [0, 0.05) is 6.54 Å². The molecule has 0 saturated carbocycles. The van der Waals surface area contributed by atoms with E-state index in [1.807, 2.05) is 0 Å². The Labute approximate surface area is 94.4 Å². The SMILES string of the molecule is NOCCNS(=O)(=O)c1ccc(Br)s1. The van der Waals surface area contributed by atoms with Gasteiger partial charge in [0.05, 0.1) is 10.4 Å². The molecule has 1 rings (SSSR count). The van der Waals surface area contributed by atoms with E-state index in [9.17, 15) is 8.42 Å². The van der Waals surface area contributed by atoms with Crippen molar-refractivity contribution in [3.8, 4) is 0 Å². The minimum atomic E-state index is -3.41. The maximum absolute atomic E-state index is 11.5. The first-order valence-corrected chi connectivity index (χ1v) is 6.72. The molecule has 0 aliphatic carbocycles. The number of halogens is 1. The Balaban J connectivity index is 2.66. The minimum absolute atomic E-state index is 0.145. The van der Waals surface area contributed by atoms with Gasteiger partial charge in [0.1, 0.15) is 4.21 Å². The maximum Gasteiger partial charge on any atom is 0.250 e. The molecule has 0 bridgehead atoms. The van der Waals surface area contributed by atoms with Crippen LogP contribution in [-0.4, -0.2) is 21.6 Å². The van der Waals surface area contributed by atoms with Crippen LogP contribution >= 0.6 is 27.3 Å². The van der Waals surface area contributed by atoms with Crippen molar-refractivity contribution in [3.05, 3.63) is 15.9 Å². The van der Waals surface area contributed by atoms with Crippen molar-refractivity contribution in [3.63, 3.8) is 0 Å². The van der Waals surface area contributed by atoms with Crippen LogP contribution in [0.2, 0.25) is 0 Å². The smallest absolute Gasteiger partial charge is 0.250 e. The molecular formula is C6H9BrN2O3S2. The molecular weight excluding hydrogens is 292 g/mol. The number of thiophene rings is 1. The minimum Gasteiger partial charge on any atom is -0.303 e. The molecule has 0 spiro atoms. The number of nitrogens with two attached hydrogens (primary N) is 1. The lowest BCUT2D eigenvalue weighted by molar-refractivity contribution is 0.143. The van der Waals surface area contributed by atoms with Gasteiger partial charge < -0.3 is 4.84 Å². The monoisotopic (exact) mass is 300 g/mol. The summed E-state index contributed by atoms with van der Waals surface area (Å²) >= 11 is 4.33. The molecule has 0 aliphatic rings. The standard InChI is InChI=1S/C6H9BrN2O3S2/c7-5-1-2-6(13-5)14(10,11)9-3-4-12-8/h1-2,9H,3-4,8H2. The van der Waals surface area contributed by atoms with Crippen LogP contribution in [0.5, 0.6) is 0 Å². The van der Waals surface area contributed by atoms with Gasteiger partial charge in [0.25, 0.3) is 0 Å². The molecule has 80 valence electrons. The van der Waals surface area contributed by atoms with E-state index >= 15 is 0 Å². The first-order chi connectivity index (χ1) is 6.56. The van der Waals surface area contributed by atoms with E-state index in [1.165, 1.54) is 6.07 Å². The van der Waals surface area contributed by atoms with E-state index in [4.69, 9.17) is 5.90 Å². The molecule has 0 amide bonds. The lowest BCUT2D eigenvalue weighted by Gasteiger charge is -2.02. The fourth-order valence-electron chi connectivity index (χ4n) is 0.748. The zero-order chi connectivity index (χ0) is 10.6. The molecule has 14 heavy (non-hydrogen) atoms. The summed E-state index contributed by atoms with van der Waals surface area (Å²) in [7, 11) is -3.41. The predicted molar refractivity (Wildman–Crippen MR) is 57.3 cm³/mol. The number of sulfonamides is 1. The molecule has 0 saturated heterocycles. The van der Waals surface area contributed by atoms with Crippen molar-refractivity contribution in [2.24, 2.45) is 5.90 Å². The topological polar surface area (TPSA) is 81.4 Å². The van der Waals surface area contributed by atoms with Crippen molar-refractivity contribution in [1.29, 1.82) is 0 Å². The van der Waals surface area contributed by atoms with Gasteiger partial charge in [-0.05, 0) is 28.1 Å². The molecule has 1 aromatic rings. The summed E-state index contributed by atoms with van der Waals surface area (Å²) in [5.74, 6) is 4.76. The molecule has 0 aliphatic heterocycles. The molecule has 0 unspecified atom stereocenters. The van der Waals surface area contributed by atoms with Crippen LogP contribution in [0.25, 0.3) is 0 Å². The summed E-state index contributed by atoms with van der Waals surface area (Å²) in [5, 5.41) is 0. The normalized spacial score (nSPS) is 11.9. The van der Waals surface area contributed by atoms with Gasteiger partial charge in [-0.2, -0.15) is 0 Å². The highest BCUT2D eigenvalue weighted by Gasteiger charge is 2.15. The summed E-state index contributed by atoms with van der Waals surface area (Å²) in [6.07, 6.45) is 0. The highest BCUT2D eigenvalue weighted by molar-refractivity contribution is 9.11. The Hall–Kier alpha value is 0.01000. The number of rotatable bonds is 5. The van der Waals surface area contributed by atoms with Crippen LogP contribution in [0.3, 0.4) is 0 Å². The Morgan fingerprint density at radius 3 is 2.79 bits per heavy atom. The van der Waals surface area contributed by atoms with Crippen LogP contribution in [0.1, 0.15) is 0 Å². The van der Waals surface area contributed by atoms with Crippen LogP contribution < -0.4 is 10.6 Å². The van der Waals surface area contributed by atoms with Gasteiger partial charge in [-0.15, -0.1) is 11.3 Å². The van der Waals surface area contributed by atoms with E-state index < -0.39 is 10.0 Å². The van der Waals surface area contributed by atoms with E-state index in [-0.39, 0.29) is 17.4 Å². The predicted octanol–water partition coefficient (Wildman–Crippen LogP) is 0.679. The van der Waals surface area contributed by atoms with Crippen LogP contribution in [0, 0.1) is 0 Å². The van der Waals surface area contributed by atoms with E-state index in [0.717, 1.165) is 15.1 Å². The Bertz CT molecular complexity index is 390. The molecule has 8 heteroatoms. The van der Waals surface area contributed by atoms with E-state index in [0.29, 0.717) is 0 Å². The van der Waals surface area contributed by atoms with E-state index in [1.54, 1.807) is 6.07 Å². The summed E-state index contributed by atoms with van der Waals surface area (Å²) in [4.78, 5) is 4.25. The van der Waals surface area contributed by atoms with Crippen molar-refractivity contribution >= 4 is 37.3 Å². The fourth-order valence-corrected chi connectivity index (χ4v) is 3.82. The summed E-state index contributed by atoms with van der Waals surface area (Å²) in [6.45, 7) is 0.306. The lowest BCUT2D eigenvalue weighted by atomic mass is 10.7. The molecule has 5 nitrogen and oxygen atoms in total. The molecule has 1 heterocycles. The average molecular weight is 301 g/mol. The van der Waals surface area contributed by atoms with Crippen molar-refractivity contribution < 1.29 is 13.3 Å². The maximum atomic E-state index is 11.5. The molecule has 0 atom stereocenters. The third-order valence-corrected chi connectivity index (χ3v) is 4.90. The van der Waals surface area contributed by atoms with Crippen molar-refractivity contribution in [2.45, 2.75) is 4.21 Å². The number of hydrogen-bond donors (Lipinski definition) is 2. The highest BCUT2D eigenvalue weighted by Crippen LogP contribution is 2.25. The zero-order valence-electron chi connectivity index (χ0n) is 7.07. The van der Waals surface area contributed by atoms with Crippen LogP contribution in [0.4, 0.5) is 0 Å². The number of nitrogens with one attached hydrogen (secondary N) is 1. The quantitative estimate of drug-likeness (QED) is 0.619. The Morgan fingerprint density at radius 2 is 2.29 bits per heavy atom. The second kappa shape index (κ2) is 5.19. The van der Waals surface area contributed by atoms with Crippen LogP contribution in [-0.2, 0) is 14.9 Å². The molecule has 0 fully saturated rings. The Kier molecular flexibility index (Phi) is 4.48. The van der Waals surface area contributed by atoms with Gasteiger partial charge in [-0.3, -0.25) is 0 Å². The largest absolute Gasteiger partial charge is 0.303 e. The third kappa shape index (κ3) is 3.30. The summed E-state index contributed by atoms with van der Waals surface area (Å²) in [6, 6.07) is 3.21. The van der Waals surface area contributed by atoms with Crippen molar-refractivity contribution in [2.75, 3.05) is 13.2 Å². The fraction of sp³-hybridized carbons (Fsp3) is 0.333. The summed E-state index contributed by atoms with van der Waals surface area (Å²) < 4.78 is 26.4. The second-order valence-electron chi connectivity index (χ2n) is 2.33. The number of hydrogen-bond acceptors (Lipinski definition) is 5. The first kappa shape index (κ1) is 12.1. The van der Waals surface area contributed by atoms with Gasteiger partial charge in [-0.1, -0.05) is 0 Å². The second-order valence-corrected chi connectivity index (χ2v) is 6.78. The lowest BCUT2D eigenvalue weighted by Crippen LogP contribution is -2.27. The average Bonchev–Trinajstić information content (AvgIpc) is 2.53. The highest BCUT2D eigenvalue weighted by atomic mass is 79.9. The van der Waals surface area contributed by atoms with Gasteiger partial charge in [0.2, 0.25) is 10.0 Å². The Morgan fingerprint density at radius 1 is 1.57 bits per heavy atom.